The topological polar surface area (TPSA) is 58.6 Å². The van der Waals surface area contributed by atoms with E-state index in [0.29, 0.717) is 13.1 Å². The van der Waals surface area contributed by atoms with Gasteiger partial charge in [0.2, 0.25) is 5.91 Å². The first kappa shape index (κ1) is 15.8. The third kappa shape index (κ3) is 5.09. The Morgan fingerprint density at radius 3 is 2.53 bits per heavy atom. The van der Waals surface area contributed by atoms with Crippen LogP contribution in [0.3, 0.4) is 0 Å². The van der Waals surface area contributed by atoms with Crippen molar-refractivity contribution in [3.63, 3.8) is 0 Å². The average Bonchev–Trinajstić information content (AvgIpc) is 2.71. The molecule has 2 amide bonds. The van der Waals surface area contributed by atoms with Gasteiger partial charge in [-0.05, 0) is 33.6 Å². The van der Waals surface area contributed by atoms with Crippen molar-refractivity contribution in [2.75, 3.05) is 13.1 Å². The normalized spacial score (nSPS) is 19.7. The summed E-state index contributed by atoms with van der Waals surface area (Å²) in [5.41, 5.74) is -0.481. The van der Waals surface area contributed by atoms with E-state index in [9.17, 15) is 9.59 Å². The zero-order chi connectivity index (χ0) is 14.6. The fraction of sp³-hybridized carbons (Fsp3) is 0.857. The third-order valence-corrected chi connectivity index (χ3v) is 3.04. The number of hydrogen-bond donors (Lipinski definition) is 1. The van der Waals surface area contributed by atoms with E-state index in [-0.39, 0.29) is 24.0 Å². The van der Waals surface area contributed by atoms with Gasteiger partial charge < -0.3 is 15.0 Å². The second-order valence-electron chi connectivity index (χ2n) is 6.37. The second kappa shape index (κ2) is 6.26. The lowest BCUT2D eigenvalue weighted by molar-refractivity contribution is -0.124. The van der Waals surface area contributed by atoms with Crippen LogP contribution in [-0.4, -0.2) is 41.6 Å². The predicted molar refractivity (Wildman–Crippen MR) is 73.8 cm³/mol. The van der Waals surface area contributed by atoms with Crippen molar-refractivity contribution in [2.24, 2.45) is 5.92 Å². The van der Waals surface area contributed by atoms with Crippen molar-refractivity contribution in [1.29, 1.82) is 0 Å². The molecule has 0 saturated carbocycles. The highest BCUT2D eigenvalue weighted by Crippen LogP contribution is 2.20. The Bertz CT molecular complexity index is 334. The van der Waals surface area contributed by atoms with E-state index in [0.717, 1.165) is 12.8 Å². The predicted octanol–water partition coefficient (Wildman–Crippen LogP) is 2.16. The van der Waals surface area contributed by atoms with Crippen molar-refractivity contribution in [3.05, 3.63) is 0 Å². The van der Waals surface area contributed by atoms with Crippen LogP contribution in [0.5, 0.6) is 0 Å². The molecule has 1 aliphatic heterocycles. The van der Waals surface area contributed by atoms with E-state index in [1.54, 1.807) is 4.90 Å². The lowest BCUT2D eigenvalue weighted by Gasteiger charge is -2.28. The van der Waals surface area contributed by atoms with E-state index >= 15 is 0 Å². The molecule has 0 spiro atoms. The summed E-state index contributed by atoms with van der Waals surface area (Å²) in [7, 11) is 0. The number of amides is 2. The van der Waals surface area contributed by atoms with Crippen LogP contribution in [0, 0.1) is 5.92 Å². The molecule has 0 unspecified atom stereocenters. The van der Waals surface area contributed by atoms with Gasteiger partial charge in [-0.1, -0.05) is 13.8 Å². The summed E-state index contributed by atoms with van der Waals surface area (Å²) in [6, 6.07) is 0.0533. The Balaban J connectivity index is 2.50. The molecule has 0 aromatic rings. The summed E-state index contributed by atoms with van der Waals surface area (Å²) >= 11 is 0. The van der Waals surface area contributed by atoms with Crippen LogP contribution in [0.2, 0.25) is 0 Å². The second-order valence-corrected chi connectivity index (χ2v) is 6.37. The van der Waals surface area contributed by atoms with Gasteiger partial charge in [0.15, 0.2) is 0 Å². The highest BCUT2D eigenvalue weighted by atomic mass is 16.6. The van der Waals surface area contributed by atoms with E-state index in [4.69, 9.17) is 4.74 Å². The molecule has 5 nitrogen and oxygen atoms in total. The van der Waals surface area contributed by atoms with E-state index in [2.05, 4.69) is 5.32 Å². The number of ether oxygens (including phenoxy) is 1. The summed E-state index contributed by atoms with van der Waals surface area (Å²) in [4.78, 5) is 25.3. The lowest BCUT2D eigenvalue weighted by Crippen LogP contribution is -2.45. The fourth-order valence-electron chi connectivity index (χ4n) is 2.03. The molecule has 0 aromatic carbocycles. The zero-order valence-electron chi connectivity index (χ0n) is 12.7. The molecule has 1 aliphatic rings. The largest absolute Gasteiger partial charge is 0.444 e. The molecule has 19 heavy (non-hydrogen) atoms. The van der Waals surface area contributed by atoms with Crippen LogP contribution >= 0.6 is 0 Å². The van der Waals surface area contributed by atoms with Crippen molar-refractivity contribution in [3.8, 4) is 0 Å². The Morgan fingerprint density at radius 2 is 2.00 bits per heavy atom. The standard InChI is InChI=1S/C14H26N2O3/c1-10(2)12(17)15-9-11-7-6-8-16(11)13(18)19-14(3,4)5/h10-11H,6-9H2,1-5H3,(H,15,17)/t11-/m0/s1. The Kier molecular flexibility index (Phi) is 5.20. The lowest BCUT2D eigenvalue weighted by atomic mass is 10.2. The number of likely N-dealkylation sites (tertiary alicyclic amines) is 1. The van der Waals surface area contributed by atoms with E-state index < -0.39 is 5.60 Å². The van der Waals surface area contributed by atoms with E-state index in [1.165, 1.54) is 0 Å². The number of carbonyl (C=O) groups is 2. The molecule has 1 atom stereocenters. The van der Waals surface area contributed by atoms with Crippen LogP contribution in [0.1, 0.15) is 47.5 Å². The van der Waals surface area contributed by atoms with Gasteiger partial charge in [-0.2, -0.15) is 0 Å². The smallest absolute Gasteiger partial charge is 0.410 e. The van der Waals surface area contributed by atoms with Crippen molar-refractivity contribution < 1.29 is 14.3 Å². The first-order valence-electron chi connectivity index (χ1n) is 6.98. The number of nitrogens with zero attached hydrogens (tertiary/aromatic N) is 1. The number of carbonyl (C=O) groups excluding carboxylic acids is 2. The van der Waals surface area contributed by atoms with Gasteiger partial charge in [-0.3, -0.25) is 4.79 Å². The van der Waals surface area contributed by atoms with Gasteiger partial charge in [0.1, 0.15) is 5.60 Å². The first-order valence-corrected chi connectivity index (χ1v) is 6.98. The van der Waals surface area contributed by atoms with Crippen LogP contribution < -0.4 is 5.32 Å². The van der Waals surface area contributed by atoms with Gasteiger partial charge in [0, 0.05) is 19.0 Å². The molecule has 1 rings (SSSR count). The molecule has 1 heterocycles. The van der Waals surface area contributed by atoms with Crippen LogP contribution in [0.15, 0.2) is 0 Å². The van der Waals surface area contributed by atoms with Gasteiger partial charge in [-0.15, -0.1) is 0 Å². The molecule has 0 radical (unpaired) electrons. The van der Waals surface area contributed by atoms with Gasteiger partial charge in [0.05, 0.1) is 6.04 Å². The molecular formula is C14H26N2O3. The highest BCUT2D eigenvalue weighted by molar-refractivity contribution is 5.78. The summed E-state index contributed by atoms with van der Waals surface area (Å²) in [5.74, 6) is -0.00702. The first-order chi connectivity index (χ1) is 8.70. The summed E-state index contributed by atoms with van der Waals surface area (Å²) < 4.78 is 5.38. The maximum Gasteiger partial charge on any atom is 0.410 e. The Hall–Kier alpha value is -1.26. The molecule has 1 saturated heterocycles. The quantitative estimate of drug-likeness (QED) is 0.855. The molecular weight excluding hydrogens is 244 g/mol. The third-order valence-electron chi connectivity index (χ3n) is 3.04. The molecule has 0 bridgehead atoms. The van der Waals surface area contributed by atoms with Gasteiger partial charge in [-0.25, -0.2) is 4.79 Å². The molecule has 5 heteroatoms. The molecule has 0 aliphatic carbocycles. The average molecular weight is 270 g/mol. The molecule has 110 valence electrons. The minimum Gasteiger partial charge on any atom is -0.444 e. The summed E-state index contributed by atoms with van der Waals surface area (Å²) in [6.07, 6.45) is 1.59. The zero-order valence-corrected chi connectivity index (χ0v) is 12.7. The minimum absolute atomic E-state index is 0.0241. The van der Waals surface area contributed by atoms with Crippen molar-refractivity contribution in [1.82, 2.24) is 10.2 Å². The fourth-order valence-corrected chi connectivity index (χ4v) is 2.03. The Labute approximate surface area is 115 Å². The van der Waals surface area contributed by atoms with Gasteiger partial charge >= 0.3 is 6.09 Å². The van der Waals surface area contributed by atoms with Crippen LogP contribution in [0.25, 0.3) is 0 Å². The molecule has 1 N–H and O–H groups in total. The van der Waals surface area contributed by atoms with Crippen LogP contribution in [-0.2, 0) is 9.53 Å². The summed E-state index contributed by atoms with van der Waals surface area (Å²) in [6.45, 7) is 10.5. The number of nitrogens with one attached hydrogen (secondary N) is 1. The minimum atomic E-state index is -0.481. The Morgan fingerprint density at radius 1 is 1.37 bits per heavy atom. The maximum atomic E-state index is 12.0. The highest BCUT2D eigenvalue weighted by Gasteiger charge is 2.32. The summed E-state index contributed by atoms with van der Waals surface area (Å²) in [5, 5.41) is 2.88. The molecule has 1 fully saturated rings. The van der Waals surface area contributed by atoms with Crippen molar-refractivity contribution in [2.45, 2.75) is 59.1 Å². The monoisotopic (exact) mass is 270 g/mol. The van der Waals surface area contributed by atoms with Crippen molar-refractivity contribution >= 4 is 12.0 Å². The SMILES string of the molecule is CC(C)C(=O)NC[C@@H]1CCCN1C(=O)OC(C)(C)C. The number of rotatable bonds is 3. The van der Waals surface area contributed by atoms with E-state index in [1.807, 2.05) is 34.6 Å². The number of hydrogen-bond acceptors (Lipinski definition) is 3. The molecule has 0 aromatic heterocycles. The van der Waals surface area contributed by atoms with Gasteiger partial charge in [0.25, 0.3) is 0 Å². The van der Waals surface area contributed by atoms with Crippen LogP contribution in [0.4, 0.5) is 4.79 Å². The maximum absolute atomic E-state index is 12.0.